The van der Waals surface area contributed by atoms with Crippen LogP contribution >= 0.6 is 0 Å². The maximum absolute atomic E-state index is 10.8. The molecule has 0 aliphatic rings. The SMILES string of the molecule is C=C[Si](CCC)(OC(C)=O)OC(C)=O. The molecule has 80 valence electrons. The third-order valence-corrected chi connectivity index (χ3v) is 4.63. The summed E-state index contributed by atoms with van der Waals surface area (Å²) in [5, 5.41) is 0. The van der Waals surface area contributed by atoms with Gasteiger partial charge in [0, 0.05) is 19.9 Å². The molecule has 4 nitrogen and oxygen atoms in total. The molecule has 14 heavy (non-hydrogen) atoms. The average molecular weight is 216 g/mol. The molecule has 0 amide bonds. The van der Waals surface area contributed by atoms with E-state index < -0.39 is 20.5 Å². The van der Waals surface area contributed by atoms with Gasteiger partial charge in [0.05, 0.1) is 0 Å². The van der Waals surface area contributed by atoms with Gasteiger partial charge < -0.3 is 8.85 Å². The highest BCUT2D eigenvalue weighted by Gasteiger charge is 2.39. The lowest BCUT2D eigenvalue weighted by Crippen LogP contribution is -2.43. The van der Waals surface area contributed by atoms with Gasteiger partial charge in [0.25, 0.3) is 11.9 Å². The van der Waals surface area contributed by atoms with Crippen molar-refractivity contribution in [3.63, 3.8) is 0 Å². The molecular weight excluding hydrogens is 200 g/mol. The van der Waals surface area contributed by atoms with E-state index in [-0.39, 0.29) is 0 Å². The molecule has 5 heteroatoms. The second kappa shape index (κ2) is 5.59. The molecule has 0 N–H and O–H groups in total. The van der Waals surface area contributed by atoms with E-state index in [1.807, 2.05) is 6.92 Å². The lowest BCUT2D eigenvalue weighted by atomic mass is 10.6. The van der Waals surface area contributed by atoms with Gasteiger partial charge in [-0.2, -0.15) is 0 Å². The quantitative estimate of drug-likeness (QED) is 0.656. The van der Waals surface area contributed by atoms with Gasteiger partial charge >= 0.3 is 8.56 Å². The lowest BCUT2D eigenvalue weighted by molar-refractivity contribution is -0.138. The minimum atomic E-state index is -2.83. The molecule has 0 aromatic carbocycles. The first-order chi connectivity index (χ1) is 6.45. The van der Waals surface area contributed by atoms with E-state index in [0.29, 0.717) is 6.04 Å². The number of hydrogen-bond acceptors (Lipinski definition) is 4. The van der Waals surface area contributed by atoms with Crippen LogP contribution in [0.25, 0.3) is 0 Å². The number of hydrogen-bond donors (Lipinski definition) is 0. The van der Waals surface area contributed by atoms with Crippen LogP contribution in [0.15, 0.2) is 12.3 Å². The first-order valence-electron chi connectivity index (χ1n) is 4.48. The van der Waals surface area contributed by atoms with Crippen molar-refractivity contribution < 1.29 is 18.4 Å². The van der Waals surface area contributed by atoms with Crippen LogP contribution in [0, 0.1) is 0 Å². The van der Waals surface area contributed by atoms with E-state index in [4.69, 9.17) is 8.85 Å². The topological polar surface area (TPSA) is 52.6 Å². The highest BCUT2D eigenvalue weighted by Crippen LogP contribution is 2.17. The van der Waals surface area contributed by atoms with Gasteiger partial charge in [-0.1, -0.05) is 13.3 Å². The molecule has 0 bridgehead atoms. The molecule has 0 aromatic rings. The second-order valence-electron chi connectivity index (χ2n) is 2.95. The lowest BCUT2D eigenvalue weighted by Gasteiger charge is -2.24. The Morgan fingerprint density at radius 1 is 1.29 bits per heavy atom. The molecule has 0 saturated carbocycles. The molecule has 0 aromatic heterocycles. The van der Waals surface area contributed by atoms with Crippen LogP contribution < -0.4 is 0 Å². The minimum absolute atomic E-state index is 0.439. The fourth-order valence-electron chi connectivity index (χ4n) is 1.14. The molecule has 0 rings (SSSR count). The molecule has 0 unspecified atom stereocenters. The Bertz CT molecular complexity index is 221. The van der Waals surface area contributed by atoms with Crippen molar-refractivity contribution in [3.8, 4) is 0 Å². The third-order valence-electron chi connectivity index (χ3n) is 1.54. The molecule has 0 atom stereocenters. The summed E-state index contributed by atoms with van der Waals surface area (Å²) < 4.78 is 10.2. The predicted octanol–water partition coefficient (Wildman–Crippen LogP) is 1.69. The van der Waals surface area contributed by atoms with Crippen molar-refractivity contribution in [3.05, 3.63) is 12.3 Å². The van der Waals surface area contributed by atoms with E-state index in [1.54, 1.807) is 0 Å². The highest BCUT2D eigenvalue weighted by atomic mass is 28.4. The van der Waals surface area contributed by atoms with Crippen LogP contribution in [0.1, 0.15) is 27.2 Å². The molecule has 0 aliphatic carbocycles. The average Bonchev–Trinajstić information content (AvgIpc) is 2.02. The predicted molar refractivity (Wildman–Crippen MR) is 54.6 cm³/mol. The van der Waals surface area contributed by atoms with Crippen molar-refractivity contribution in [2.45, 2.75) is 33.2 Å². The molecule has 0 aliphatic heterocycles. The van der Waals surface area contributed by atoms with Crippen molar-refractivity contribution in [1.82, 2.24) is 0 Å². The monoisotopic (exact) mass is 216 g/mol. The zero-order chi connectivity index (χ0) is 11.2. The second-order valence-corrected chi connectivity index (χ2v) is 5.89. The van der Waals surface area contributed by atoms with Crippen molar-refractivity contribution in [2.75, 3.05) is 0 Å². The van der Waals surface area contributed by atoms with Crippen molar-refractivity contribution in [2.24, 2.45) is 0 Å². The zero-order valence-corrected chi connectivity index (χ0v) is 9.83. The Morgan fingerprint density at radius 2 is 1.71 bits per heavy atom. The van der Waals surface area contributed by atoms with Crippen LogP contribution in [-0.2, 0) is 18.4 Å². The fraction of sp³-hybridized carbons (Fsp3) is 0.556. The van der Waals surface area contributed by atoms with Gasteiger partial charge in [-0.3, -0.25) is 9.59 Å². The standard InChI is InChI=1S/C9H16O4Si/c1-5-7-14(6-2,12-8(3)10)13-9(4)11/h6H,2,5,7H2,1,3-4H3. The maximum Gasteiger partial charge on any atom is 0.491 e. The Balaban J connectivity index is 4.66. The highest BCUT2D eigenvalue weighted by molar-refractivity contribution is 6.75. The van der Waals surface area contributed by atoms with Crippen LogP contribution in [0.3, 0.4) is 0 Å². The van der Waals surface area contributed by atoms with Gasteiger partial charge in [0.1, 0.15) is 0 Å². The summed E-state index contributed by atoms with van der Waals surface area (Å²) in [7, 11) is -2.83. The first-order valence-corrected chi connectivity index (χ1v) is 6.58. The van der Waals surface area contributed by atoms with Gasteiger partial charge in [-0.05, 0) is 5.70 Å². The fourth-order valence-corrected chi connectivity index (χ4v) is 3.43. The van der Waals surface area contributed by atoms with Crippen LogP contribution in [0.4, 0.5) is 0 Å². The van der Waals surface area contributed by atoms with Gasteiger partial charge in [0.15, 0.2) is 0 Å². The summed E-state index contributed by atoms with van der Waals surface area (Å²) in [5.41, 5.74) is 1.47. The Morgan fingerprint density at radius 3 is 1.93 bits per heavy atom. The molecule has 0 saturated heterocycles. The minimum Gasteiger partial charge on any atom is -0.482 e. The Kier molecular flexibility index (Phi) is 5.15. The van der Waals surface area contributed by atoms with Gasteiger partial charge in [-0.25, -0.2) is 0 Å². The van der Waals surface area contributed by atoms with Crippen LogP contribution in [0.5, 0.6) is 0 Å². The molecule has 0 radical (unpaired) electrons. The Labute approximate surface area is 85.1 Å². The maximum atomic E-state index is 10.8. The third kappa shape index (κ3) is 4.22. The van der Waals surface area contributed by atoms with Crippen LogP contribution in [-0.4, -0.2) is 20.5 Å². The summed E-state index contributed by atoms with van der Waals surface area (Å²) in [6.07, 6.45) is 0.777. The number of carbonyl (C=O) groups excluding carboxylic acids is 2. The summed E-state index contributed by atoms with van der Waals surface area (Å²) in [6, 6.07) is 0.551. The largest absolute Gasteiger partial charge is 0.491 e. The summed E-state index contributed by atoms with van der Waals surface area (Å²) in [5.74, 6) is -0.877. The Hall–Kier alpha value is -1.10. The zero-order valence-electron chi connectivity index (χ0n) is 8.83. The van der Waals surface area contributed by atoms with Crippen LogP contribution in [0.2, 0.25) is 6.04 Å². The van der Waals surface area contributed by atoms with Crippen molar-refractivity contribution in [1.29, 1.82) is 0 Å². The van der Waals surface area contributed by atoms with E-state index in [2.05, 4.69) is 6.58 Å². The van der Waals surface area contributed by atoms with E-state index in [1.165, 1.54) is 19.5 Å². The van der Waals surface area contributed by atoms with E-state index in [0.717, 1.165) is 6.42 Å². The molecule has 0 spiro atoms. The first kappa shape index (κ1) is 12.9. The van der Waals surface area contributed by atoms with Crippen molar-refractivity contribution >= 4 is 20.5 Å². The molecule has 0 heterocycles. The van der Waals surface area contributed by atoms with Gasteiger partial charge in [-0.15, -0.1) is 6.58 Å². The van der Waals surface area contributed by atoms with E-state index in [9.17, 15) is 9.59 Å². The normalized spacial score (nSPS) is 10.5. The summed E-state index contributed by atoms with van der Waals surface area (Å²) in [6.45, 7) is 8.09. The van der Waals surface area contributed by atoms with E-state index >= 15 is 0 Å². The summed E-state index contributed by atoms with van der Waals surface area (Å²) in [4.78, 5) is 21.7. The number of rotatable bonds is 5. The molecular formula is C9H16O4Si. The molecule has 0 fully saturated rings. The smallest absolute Gasteiger partial charge is 0.482 e. The summed E-state index contributed by atoms with van der Waals surface area (Å²) >= 11 is 0. The number of carbonyl (C=O) groups is 2. The van der Waals surface area contributed by atoms with Gasteiger partial charge in [0.2, 0.25) is 0 Å².